The molecule has 1 aliphatic rings. The number of aromatic nitrogens is 3. The van der Waals surface area contributed by atoms with E-state index in [0.717, 1.165) is 12.8 Å². The van der Waals surface area contributed by atoms with Crippen LogP contribution in [0.5, 0.6) is 0 Å². The van der Waals surface area contributed by atoms with Crippen molar-refractivity contribution >= 4 is 22.5 Å². The largest absolute Gasteiger partial charge is 0.391 e. The van der Waals surface area contributed by atoms with Gasteiger partial charge in [-0.2, -0.15) is 0 Å². The molecule has 4 rings (SSSR count). The van der Waals surface area contributed by atoms with E-state index in [9.17, 15) is 18.7 Å². The highest BCUT2D eigenvalue weighted by Gasteiger charge is 2.27. The van der Waals surface area contributed by atoms with Crippen molar-refractivity contribution < 1.29 is 13.9 Å². The van der Waals surface area contributed by atoms with Crippen LogP contribution >= 0.6 is 11.6 Å². The minimum Gasteiger partial charge on any atom is -0.391 e. The zero-order valence-electron chi connectivity index (χ0n) is 14.9. The molecule has 1 fully saturated rings. The molecule has 1 N–H and O–H groups in total. The Morgan fingerprint density at radius 2 is 1.96 bits per heavy atom. The molecule has 146 valence electrons. The molecule has 1 saturated carbocycles. The van der Waals surface area contributed by atoms with Gasteiger partial charge in [0.2, 0.25) is 0 Å². The van der Waals surface area contributed by atoms with E-state index < -0.39 is 29.3 Å². The van der Waals surface area contributed by atoms with Gasteiger partial charge < -0.3 is 5.11 Å². The van der Waals surface area contributed by atoms with Crippen molar-refractivity contribution in [2.45, 2.75) is 44.2 Å². The molecule has 0 saturated heterocycles. The molecule has 1 aromatic carbocycles. The first-order chi connectivity index (χ1) is 13.5. The standard InChI is InChI=1S/C20H18ClF2N3O2/c21-16-6-5-11(9-24-16)7-12-8-13-19(18(23)17(12)22)25-10-26(20(13)28)14-3-1-2-4-15(14)27/h5-6,8-10,14-15,27H,1-4,7H2/t14-,15-/m0/s1. The molecular weight excluding hydrogens is 388 g/mol. The van der Waals surface area contributed by atoms with Crippen LogP contribution in [0.2, 0.25) is 5.15 Å². The Bertz CT molecular complexity index is 1090. The van der Waals surface area contributed by atoms with Crippen molar-refractivity contribution in [3.63, 3.8) is 0 Å². The third-order valence-electron chi connectivity index (χ3n) is 5.27. The Morgan fingerprint density at radius 1 is 1.18 bits per heavy atom. The van der Waals surface area contributed by atoms with Crippen molar-refractivity contribution in [1.82, 2.24) is 14.5 Å². The van der Waals surface area contributed by atoms with E-state index in [1.54, 1.807) is 12.1 Å². The predicted octanol–water partition coefficient (Wildman–Crippen LogP) is 3.79. The van der Waals surface area contributed by atoms with E-state index in [-0.39, 0.29) is 22.9 Å². The van der Waals surface area contributed by atoms with E-state index in [2.05, 4.69) is 9.97 Å². The number of rotatable bonds is 3. The molecule has 8 heteroatoms. The highest BCUT2D eigenvalue weighted by atomic mass is 35.5. The Labute approximate surface area is 164 Å². The quantitative estimate of drug-likeness (QED) is 0.673. The first-order valence-corrected chi connectivity index (χ1v) is 9.49. The van der Waals surface area contributed by atoms with Crippen molar-refractivity contribution in [3.05, 3.63) is 69.0 Å². The normalized spacial score (nSPS) is 19.9. The maximum atomic E-state index is 14.6. The summed E-state index contributed by atoms with van der Waals surface area (Å²) in [4.78, 5) is 20.9. The van der Waals surface area contributed by atoms with Crippen molar-refractivity contribution in [2.24, 2.45) is 0 Å². The van der Waals surface area contributed by atoms with Crippen LogP contribution in [0.25, 0.3) is 10.9 Å². The Balaban J connectivity index is 1.81. The van der Waals surface area contributed by atoms with Gasteiger partial charge in [-0.05, 0) is 36.1 Å². The molecule has 0 radical (unpaired) electrons. The Hall–Kier alpha value is -2.38. The van der Waals surface area contributed by atoms with E-state index in [4.69, 9.17) is 11.6 Å². The second-order valence-electron chi connectivity index (χ2n) is 7.10. The van der Waals surface area contributed by atoms with Gasteiger partial charge in [0.25, 0.3) is 5.56 Å². The van der Waals surface area contributed by atoms with Crippen molar-refractivity contribution in [2.75, 3.05) is 0 Å². The van der Waals surface area contributed by atoms with E-state index >= 15 is 0 Å². The molecule has 2 heterocycles. The zero-order chi connectivity index (χ0) is 19.8. The fourth-order valence-corrected chi connectivity index (χ4v) is 3.89. The van der Waals surface area contributed by atoms with Crippen LogP contribution in [0.15, 0.2) is 35.5 Å². The lowest BCUT2D eigenvalue weighted by Crippen LogP contribution is -2.35. The maximum Gasteiger partial charge on any atom is 0.261 e. The SMILES string of the molecule is O=c1c2cc(Cc3ccc(Cl)nc3)c(F)c(F)c2ncn1[C@H]1CCCC[C@@H]1O. The monoisotopic (exact) mass is 405 g/mol. The number of fused-ring (bicyclic) bond motifs is 1. The van der Waals surface area contributed by atoms with E-state index in [1.165, 1.54) is 23.2 Å². The molecular formula is C20H18ClF2N3O2. The summed E-state index contributed by atoms with van der Waals surface area (Å²) in [6.07, 6.45) is 5.10. The van der Waals surface area contributed by atoms with Gasteiger partial charge in [-0.15, -0.1) is 0 Å². The Morgan fingerprint density at radius 3 is 2.68 bits per heavy atom. The van der Waals surface area contributed by atoms with Crippen LogP contribution in [0.3, 0.4) is 0 Å². The number of hydrogen-bond acceptors (Lipinski definition) is 4. The summed E-state index contributed by atoms with van der Waals surface area (Å²) in [7, 11) is 0. The van der Waals surface area contributed by atoms with Crippen LogP contribution in [0.1, 0.15) is 42.9 Å². The number of nitrogens with zero attached hydrogens (tertiary/aromatic N) is 3. The highest BCUT2D eigenvalue weighted by molar-refractivity contribution is 6.29. The molecule has 0 bridgehead atoms. The van der Waals surface area contributed by atoms with Gasteiger partial charge in [0.05, 0.1) is 23.9 Å². The molecule has 3 aromatic rings. The molecule has 2 aromatic heterocycles. The second kappa shape index (κ2) is 7.56. The molecule has 0 unspecified atom stereocenters. The average Bonchev–Trinajstić information content (AvgIpc) is 2.69. The van der Waals surface area contributed by atoms with Crippen LogP contribution < -0.4 is 5.56 Å². The van der Waals surface area contributed by atoms with Crippen LogP contribution in [-0.2, 0) is 6.42 Å². The lowest BCUT2D eigenvalue weighted by atomic mass is 9.92. The number of hydrogen-bond donors (Lipinski definition) is 1. The van der Waals surface area contributed by atoms with Gasteiger partial charge >= 0.3 is 0 Å². The first kappa shape index (κ1) is 19.0. The first-order valence-electron chi connectivity index (χ1n) is 9.12. The second-order valence-corrected chi connectivity index (χ2v) is 7.49. The van der Waals surface area contributed by atoms with Gasteiger partial charge in [0, 0.05) is 12.6 Å². The molecule has 1 aliphatic carbocycles. The molecule has 28 heavy (non-hydrogen) atoms. The lowest BCUT2D eigenvalue weighted by Gasteiger charge is -2.29. The highest BCUT2D eigenvalue weighted by Crippen LogP contribution is 2.28. The van der Waals surface area contributed by atoms with Crippen LogP contribution in [-0.4, -0.2) is 25.7 Å². The van der Waals surface area contributed by atoms with Crippen molar-refractivity contribution in [3.8, 4) is 0 Å². The Kier molecular flexibility index (Phi) is 5.12. The summed E-state index contributed by atoms with van der Waals surface area (Å²) in [5, 5.41) is 10.5. The average molecular weight is 406 g/mol. The van der Waals surface area contributed by atoms with Gasteiger partial charge in [-0.1, -0.05) is 30.5 Å². The smallest absolute Gasteiger partial charge is 0.261 e. The van der Waals surface area contributed by atoms with Crippen molar-refractivity contribution in [1.29, 1.82) is 0 Å². The van der Waals surface area contributed by atoms with Crippen LogP contribution in [0.4, 0.5) is 8.78 Å². The summed E-state index contributed by atoms with van der Waals surface area (Å²) in [5.41, 5.74) is -0.115. The van der Waals surface area contributed by atoms with Crippen LogP contribution in [0, 0.1) is 11.6 Å². The van der Waals surface area contributed by atoms with E-state index in [1.807, 2.05) is 0 Å². The number of halogens is 3. The van der Waals surface area contributed by atoms with Gasteiger partial charge in [0.15, 0.2) is 11.6 Å². The zero-order valence-corrected chi connectivity index (χ0v) is 15.7. The summed E-state index contributed by atoms with van der Waals surface area (Å²) in [5.74, 6) is -2.19. The fourth-order valence-electron chi connectivity index (χ4n) is 3.78. The van der Waals surface area contributed by atoms with Gasteiger partial charge in [-0.3, -0.25) is 9.36 Å². The molecule has 0 amide bonds. The van der Waals surface area contributed by atoms with E-state index in [0.29, 0.717) is 23.6 Å². The minimum atomic E-state index is -1.15. The molecule has 0 aliphatic heterocycles. The summed E-state index contributed by atoms with van der Waals surface area (Å²) >= 11 is 5.76. The predicted molar refractivity (Wildman–Crippen MR) is 101 cm³/mol. The summed E-state index contributed by atoms with van der Waals surface area (Å²) in [6.45, 7) is 0. The topological polar surface area (TPSA) is 68.0 Å². The van der Waals surface area contributed by atoms with Gasteiger partial charge in [-0.25, -0.2) is 18.7 Å². The van der Waals surface area contributed by atoms with Gasteiger partial charge in [0.1, 0.15) is 10.7 Å². The minimum absolute atomic E-state index is 0.00361. The lowest BCUT2D eigenvalue weighted by molar-refractivity contribution is 0.0735. The number of aliphatic hydroxyl groups excluding tert-OH is 1. The number of pyridine rings is 1. The number of benzene rings is 1. The maximum absolute atomic E-state index is 14.6. The summed E-state index contributed by atoms with van der Waals surface area (Å²) < 4.78 is 30.5. The fraction of sp³-hybridized carbons (Fsp3) is 0.350. The summed E-state index contributed by atoms with van der Waals surface area (Å²) in [6, 6.07) is 4.15. The molecule has 5 nitrogen and oxygen atoms in total. The molecule has 2 atom stereocenters. The number of aliphatic hydroxyl groups is 1. The molecule has 0 spiro atoms. The third kappa shape index (κ3) is 3.40. The third-order valence-corrected chi connectivity index (χ3v) is 5.49.